The molecular weight excluding hydrogens is 294 g/mol. The van der Waals surface area contributed by atoms with E-state index < -0.39 is 11.0 Å². The van der Waals surface area contributed by atoms with Crippen LogP contribution in [-0.2, 0) is 26.9 Å². The van der Waals surface area contributed by atoms with Crippen LogP contribution in [0.25, 0.3) is 0 Å². The second kappa shape index (κ2) is 4.31. The molecule has 2 heterocycles. The molecule has 1 spiro atoms. The standard InChI is InChI=1S/C18H23NO2S/c1-16(2,3)22(20)19-14-8-9-18-11-10-17(4,21-18)13-7-5-6-12(14)15(13)18/h5-7,10-11,14,19H,8-9H2,1-4H3/t14-,17?,18?,22+/m0/s1. The van der Waals surface area contributed by atoms with E-state index in [2.05, 4.69) is 42.0 Å². The van der Waals surface area contributed by atoms with Crippen molar-refractivity contribution in [1.29, 1.82) is 0 Å². The molecule has 3 nitrogen and oxygen atoms in total. The highest BCUT2D eigenvalue weighted by molar-refractivity contribution is 7.84. The first-order chi connectivity index (χ1) is 10.3. The van der Waals surface area contributed by atoms with Gasteiger partial charge in [-0.2, -0.15) is 0 Å². The predicted molar refractivity (Wildman–Crippen MR) is 88.7 cm³/mol. The third-order valence-electron chi connectivity index (χ3n) is 5.10. The lowest BCUT2D eigenvalue weighted by molar-refractivity contribution is -0.0696. The van der Waals surface area contributed by atoms with Gasteiger partial charge >= 0.3 is 0 Å². The van der Waals surface area contributed by atoms with Gasteiger partial charge in [-0.05, 0) is 69.4 Å². The second-order valence-corrected chi connectivity index (χ2v) is 9.79. The van der Waals surface area contributed by atoms with Gasteiger partial charge in [0.15, 0.2) is 0 Å². The minimum atomic E-state index is -1.06. The molecule has 0 fully saturated rings. The number of nitrogens with one attached hydrogen (secondary N) is 1. The molecule has 0 saturated heterocycles. The Kier molecular flexibility index (Phi) is 2.86. The number of benzene rings is 1. The van der Waals surface area contributed by atoms with Crippen LogP contribution in [0.15, 0.2) is 30.4 Å². The van der Waals surface area contributed by atoms with Crippen molar-refractivity contribution in [3.63, 3.8) is 0 Å². The lowest BCUT2D eigenvalue weighted by Crippen LogP contribution is -2.39. The molecule has 4 heteroatoms. The highest BCUT2D eigenvalue weighted by Crippen LogP contribution is 2.60. The van der Waals surface area contributed by atoms with Crippen molar-refractivity contribution < 1.29 is 8.95 Å². The van der Waals surface area contributed by atoms with Crippen LogP contribution < -0.4 is 4.72 Å². The van der Waals surface area contributed by atoms with Crippen LogP contribution in [0.1, 0.15) is 63.3 Å². The van der Waals surface area contributed by atoms with Crippen molar-refractivity contribution >= 4 is 11.0 Å². The fraction of sp³-hybridized carbons (Fsp3) is 0.556. The molecule has 0 radical (unpaired) electrons. The van der Waals surface area contributed by atoms with Gasteiger partial charge in [0.2, 0.25) is 0 Å². The van der Waals surface area contributed by atoms with Gasteiger partial charge in [-0.1, -0.05) is 18.2 Å². The third kappa shape index (κ3) is 1.84. The fourth-order valence-corrected chi connectivity index (χ4v) is 4.82. The summed E-state index contributed by atoms with van der Waals surface area (Å²) in [5.74, 6) is 0. The van der Waals surface area contributed by atoms with Crippen LogP contribution >= 0.6 is 0 Å². The summed E-state index contributed by atoms with van der Waals surface area (Å²) in [6.45, 7) is 8.15. The molecule has 1 aromatic rings. The molecule has 2 aliphatic heterocycles. The van der Waals surface area contributed by atoms with Crippen molar-refractivity contribution in [3.8, 4) is 0 Å². The van der Waals surface area contributed by atoms with Crippen LogP contribution in [0, 0.1) is 0 Å². The molecule has 1 N–H and O–H groups in total. The van der Waals surface area contributed by atoms with Crippen LogP contribution in [0.3, 0.4) is 0 Å². The molecule has 1 aliphatic carbocycles. The quantitative estimate of drug-likeness (QED) is 0.847. The van der Waals surface area contributed by atoms with E-state index in [1.165, 1.54) is 16.7 Å². The van der Waals surface area contributed by atoms with Crippen molar-refractivity contribution in [3.05, 3.63) is 47.0 Å². The van der Waals surface area contributed by atoms with Gasteiger partial charge in [0.05, 0.1) is 15.7 Å². The highest BCUT2D eigenvalue weighted by Gasteiger charge is 2.56. The molecule has 2 unspecified atom stereocenters. The van der Waals surface area contributed by atoms with Crippen LogP contribution in [0.2, 0.25) is 0 Å². The summed E-state index contributed by atoms with van der Waals surface area (Å²) in [4.78, 5) is 0. The molecule has 3 aliphatic rings. The summed E-state index contributed by atoms with van der Waals surface area (Å²) in [6.07, 6.45) is 6.32. The van der Waals surface area contributed by atoms with Crippen molar-refractivity contribution in [1.82, 2.24) is 4.72 Å². The maximum atomic E-state index is 12.5. The lowest BCUT2D eigenvalue weighted by atomic mass is 9.72. The molecule has 0 aromatic heterocycles. The van der Waals surface area contributed by atoms with Gasteiger partial charge in [-0.3, -0.25) is 0 Å². The molecule has 118 valence electrons. The maximum absolute atomic E-state index is 12.5. The Morgan fingerprint density at radius 3 is 2.82 bits per heavy atom. The Morgan fingerprint density at radius 2 is 2.09 bits per heavy atom. The smallest absolute Gasteiger partial charge is 0.114 e. The first-order valence-corrected chi connectivity index (χ1v) is 9.13. The normalized spacial score (nSPS) is 36.5. The largest absolute Gasteiger partial charge is 0.351 e. The number of hydrogen-bond donors (Lipinski definition) is 1. The Bertz CT molecular complexity index is 706. The zero-order valence-electron chi connectivity index (χ0n) is 13.6. The highest BCUT2D eigenvalue weighted by atomic mass is 32.2. The van der Waals surface area contributed by atoms with Gasteiger partial charge in [0, 0.05) is 6.04 Å². The average molecular weight is 317 g/mol. The van der Waals surface area contributed by atoms with E-state index in [0.717, 1.165) is 12.8 Å². The first-order valence-electron chi connectivity index (χ1n) is 7.98. The Balaban J connectivity index is 1.76. The summed E-state index contributed by atoms with van der Waals surface area (Å²) in [5.41, 5.74) is 3.32. The van der Waals surface area contributed by atoms with Gasteiger partial charge in [-0.25, -0.2) is 8.93 Å². The van der Waals surface area contributed by atoms with E-state index in [-0.39, 0.29) is 22.0 Å². The van der Waals surface area contributed by atoms with Crippen molar-refractivity contribution in [2.45, 2.75) is 62.5 Å². The van der Waals surface area contributed by atoms with Gasteiger partial charge in [0.25, 0.3) is 0 Å². The lowest BCUT2D eigenvalue weighted by Gasteiger charge is -2.36. The van der Waals surface area contributed by atoms with Crippen LogP contribution in [-0.4, -0.2) is 8.96 Å². The Hall–Kier alpha value is -0.970. The van der Waals surface area contributed by atoms with Crippen LogP contribution in [0.5, 0.6) is 0 Å². The van der Waals surface area contributed by atoms with Gasteiger partial charge in [0.1, 0.15) is 11.2 Å². The fourth-order valence-electron chi connectivity index (χ4n) is 3.97. The van der Waals surface area contributed by atoms with E-state index in [1.807, 2.05) is 20.8 Å². The van der Waals surface area contributed by atoms with Crippen LogP contribution in [0.4, 0.5) is 0 Å². The second-order valence-electron chi connectivity index (χ2n) is 7.79. The van der Waals surface area contributed by atoms with Gasteiger partial charge < -0.3 is 4.74 Å². The third-order valence-corrected chi connectivity index (χ3v) is 6.72. The first kappa shape index (κ1) is 14.6. The van der Waals surface area contributed by atoms with Crippen molar-refractivity contribution in [2.24, 2.45) is 0 Å². The summed E-state index contributed by atoms with van der Waals surface area (Å²) < 4.78 is 22.0. The number of fused-ring (bicyclic) bond motifs is 2. The summed E-state index contributed by atoms with van der Waals surface area (Å²) >= 11 is 0. The predicted octanol–water partition coefficient (Wildman–Crippen LogP) is 3.58. The molecule has 0 amide bonds. The zero-order valence-corrected chi connectivity index (χ0v) is 14.4. The minimum absolute atomic E-state index is 0.139. The molecule has 4 atom stereocenters. The maximum Gasteiger partial charge on any atom is 0.114 e. The zero-order chi connectivity index (χ0) is 15.8. The summed E-state index contributed by atoms with van der Waals surface area (Å²) in [5, 5.41) is 0. The molecule has 4 rings (SSSR count). The number of ether oxygens (including phenoxy) is 1. The van der Waals surface area contributed by atoms with E-state index in [4.69, 9.17) is 4.74 Å². The SMILES string of the molecule is CC12C=CC3(CC[C@H](N[S@](=O)C(C)(C)C)c4cccc1c43)O2. The molecule has 2 bridgehead atoms. The summed E-state index contributed by atoms with van der Waals surface area (Å²) in [7, 11) is -1.06. The number of hydrogen-bond acceptors (Lipinski definition) is 2. The molecule has 22 heavy (non-hydrogen) atoms. The Morgan fingerprint density at radius 1 is 1.32 bits per heavy atom. The van der Waals surface area contributed by atoms with Gasteiger partial charge in [-0.15, -0.1) is 0 Å². The van der Waals surface area contributed by atoms with E-state index >= 15 is 0 Å². The topological polar surface area (TPSA) is 38.3 Å². The summed E-state index contributed by atoms with van der Waals surface area (Å²) in [6, 6.07) is 6.58. The minimum Gasteiger partial charge on any atom is -0.351 e. The van der Waals surface area contributed by atoms with Crippen molar-refractivity contribution in [2.75, 3.05) is 0 Å². The molecule has 0 saturated carbocycles. The van der Waals surface area contributed by atoms with E-state index in [0.29, 0.717) is 0 Å². The number of rotatable bonds is 2. The molecular formula is C18H23NO2S. The van der Waals surface area contributed by atoms with E-state index in [9.17, 15) is 4.21 Å². The average Bonchev–Trinajstić information content (AvgIpc) is 2.92. The monoisotopic (exact) mass is 317 g/mol. The van der Waals surface area contributed by atoms with E-state index in [1.54, 1.807) is 0 Å². The molecule has 1 aromatic carbocycles. The Labute approximate surface area is 134 Å².